The van der Waals surface area contributed by atoms with Gasteiger partial charge in [0.05, 0.1) is 17.9 Å². The van der Waals surface area contributed by atoms with Gasteiger partial charge in [-0.1, -0.05) is 32.0 Å². The van der Waals surface area contributed by atoms with E-state index in [1.54, 1.807) is 39.0 Å². The molecule has 20 heavy (non-hydrogen) atoms. The first-order chi connectivity index (χ1) is 9.26. The summed E-state index contributed by atoms with van der Waals surface area (Å²) in [6.45, 7) is 5.19. The zero-order valence-corrected chi connectivity index (χ0v) is 11.7. The largest absolute Gasteiger partial charge is 0.481 e. The Morgan fingerprint density at radius 2 is 1.90 bits per heavy atom. The topological polar surface area (TPSA) is 66.4 Å². The van der Waals surface area contributed by atoms with Crippen LogP contribution in [0.4, 0.5) is 4.39 Å². The molecule has 0 unspecified atom stereocenters. The van der Waals surface area contributed by atoms with Gasteiger partial charge in [0.1, 0.15) is 5.82 Å². The quantitative estimate of drug-likeness (QED) is 0.889. The van der Waals surface area contributed by atoms with Gasteiger partial charge in [-0.2, -0.15) is 0 Å². The van der Waals surface area contributed by atoms with E-state index in [4.69, 9.17) is 5.11 Å². The van der Waals surface area contributed by atoms with Crippen LogP contribution in [0.5, 0.6) is 0 Å². The highest BCUT2D eigenvalue weighted by Gasteiger charge is 2.65. The van der Waals surface area contributed by atoms with Crippen LogP contribution in [-0.4, -0.2) is 17.0 Å². The van der Waals surface area contributed by atoms with Gasteiger partial charge in [-0.25, -0.2) is 4.39 Å². The number of hydrogen-bond acceptors (Lipinski definition) is 2. The number of halogens is 1. The summed E-state index contributed by atoms with van der Waals surface area (Å²) in [5.74, 6) is -2.92. The molecule has 108 valence electrons. The fourth-order valence-corrected chi connectivity index (χ4v) is 2.80. The summed E-state index contributed by atoms with van der Waals surface area (Å²) in [7, 11) is 0. The third kappa shape index (κ3) is 2.40. The second-order valence-electron chi connectivity index (χ2n) is 5.87. The molecule has 1 aliphatic carbocycles. The number of nitrogens with one attached hydrogen (secondary N) is 1. The van der Waals surface area contributed by atoms with E-state index < -0.39 is 29.3 Å². The second-order valence-corrected chi connectivity index (χ2v) is 5.87. The van der Waals surface area contributed by atoms with Crippen LogP contribution in [-0.2, 0) is 9.59 Å². The lowest BCUT2D eigenvalue weighted by Gasteiger charge is -2.15. The van der Waals surface area contributed by atoms with Gasteiger partial charge in [-0.3, -0.25) is 9.59 Å². The van der Waals surface area contributed by atoms with Gasteiger partial charge < -0.3 is 10.4 Å². The number of hydrogen-bond donors (Lipinski definition) is 2. The summed E-state index contributed by atoms with van der Waals surface area (Å²) in [5, 5.41) is 11.8. The van der Waals surface area contributed by atoms with E-state index in [1.807, 2.05) is 0 Å². The van der Waals surface area contributed by atoms with Crippen molar-refractivity contribution in [3.8, 4) is 0 Å². The number of carbonyl (C=O) groups excluding carboxylic acids is 1. The van der Waals surface area contributed by atoms with E-state index >= 15 is 0 Å². The van der Waals surface area contributed by atoms with Gasteiger partial charge in [0.25, 0.3) is 0 Å². The lowest BCUT2D eigenvalue weighted by atomic mass is 10.1. The molecule has 1 amide bonds. The summed E-state index contributed by atoms with van der Waals surface area (Å²) in [6.07, 6.45) is 0. The van der Waals surface area contributed by atoms with Crippen LogP contribution in [0.25, 0.3) is 0 Å². The van der Waals surface area contributed by atoms with E-state index in [0.29, 0.717) is 5.56 Å². The first-order valence-electron chi connectivity index (χ1n) is 6.54. The Morgan fingerprint density at radius 1 is 1.30 bits per heavy atom. The minimum absolute atomic E-state index is 0.335. The predicted molar refractivity (Wildman–Crippen MR) is 71.4 cm³/mol. The lowest BCUT2D eigenvalue weighted by molar-refractivity contribution is -0.140. The number of benzene rings is 1. The molecular weight excluding hydrogens is 261 g/mol. The van der Waals surface area contributed by atoms with Crippen LogP contribution in [0.1, 0.15) is 32.4 Å². The number of rotatable bonds is 4. The van der Waals surface area contributed by atoms with Crippen LogP contribution >= 0.6 is 0 Å². The van der Waals surface area contributed by atoms with E-state index in [1.165, 1.54) is 6.07 Å². The molecule has 1 aliphatic rings. The van der Waals surface area contributed by atoms with Crippen molar-refractivity contribution in [2.45, 2.75) is 26.8 Å². The van der Waals surface area contributed by atoms with Gasteiger partial charge in [-0.15, -0.1) is 0 Å². The molecule has 1 saturated carbocycles. The van der Waals surface area contributed by atoms with Crippen LogP contribution < -0.4 is 5.32 Å². The van der Waals surface area contributed by atoms with Crippen molar-refractivity contribution in [2.24, 2.45) is 17.3 Å². The highest BCUT2D eigenvalue weighted by atomic mass is 19.1. The lowest BCUT2D eigenvalue weighted by Crippen LogP contribution is -2.30. The van der Waals surface area contributed by atoms with Gasteiger partial charge in [-0.05, 0) is 18.4 Å². The molecule has 0 radical (unpaired) electrons. The first-order valence-corrected chi connectivity index (χ1v) is 6.54. The minimum atomic E-state index is -0.964. The highest BCUT2D eigenvalue weighted by Crippen LogP contribution is 2.58. The van der Waals surface area contributed by atoms with Crippen molar-refractivity contribution in [3.63, 3.8) is 0 Å². The van der Waals surface area contributed by atoms with Crippen molar-refractivity contribution in [1.82, 2.24) is 5.32 Å². The number of carboxylic acids is 1. The molecule has 1 aromatic rings. The number of aliphatic carboxylic acids is 1. The molecule has 0 heterocycles. The highest BCUT2D eigenvalue weighted by molar-refractivity contribution is 5.91. The molecule has 1 aromatic carbocycles. The zero-order valence-electron chi connectivity index (χ0n) is 11.7. The smallest absolute Gasteiger partial charge is 0.307 e. The molecule has 5 heteroatoms. The van der Waals surface area contributed by atoms with Crippen LogP contribution in [0.3, 0.4) is 0 Å². The van der Waals surface area contributed by atoms with Crippen LogP contribution in [0.15, 0.2) is 24.3 Å². The number of amides is 1. The fourth-order valence-electron chi connectivity index (χ4n) is 2.80. The molecule has 0 bridgehead atoms. The van der Waals surface area contributed by atoms with Crippen LogP contribution in [0, 0.1) is 23.1 Å². The van der Waals surface area contributed by atoms with Crippen molar-refractivity contribution in [3.05, 3.63) is 35.6 Å². The van der Waals surface area contributed by atoms with Gasteiger partial charge >= 0.3 is 5.97 Å². The Hall–Kier alpha value is -1.91. The Bertz CT molecular complexity index is 556. The van der Waals surface area contributed by atoms with Crippen molar-refractivity contribution >= 4 is 11.9 Å². The van der Waals surface area contributed by atoms with E-state index in [-0.39, 0.29) is 11.7 Å². The summed E-state index contributed by atoms with van der Waals surface area (Å²) in [5.41, 5.74) is -0.156. The SMILES string of the molecule is C[C@@H](NC(=O)[C@H]1[C@@H](C(=O)O)C1(C)C)c1ccccc1F. The molecule has 3 atom stereocenters. The van der Waals surface area contributed by atoms with E-state index in [0.717, 1.165) is 0 Å². The standard InChI is InChI=1S/C15H18FNO3/c1-8(9-6-4-5-7-10(9)16)17-13(18)11-12(14(19)20)15(11,2)3/h4-8,11-12H,1-3H3,(H,17,18)(H,19,20)/t8-,11-,12+/m1/s1. The monoisotopic (exact) mass is 279 g/mol. The molecule has 2 rings (SSSR count). The maximum atomic E-state index is 13.6. The fraction of sp³-hybridized carbons (Fsp3) is 0.467. The number of carboxylic acid groups (broad SMARTS) is 1. The maximum absolute atomic E-state index is 13.6. The summed E-state index contributed by atoms with van der Waals surface area (Å²) >= 11 is 0. The van der Waals surface area contributed by atoms with Gasteiger partial charge in [0, 0.05) is 5.56 Å². The summed E-state index contributed by atoms with van der Waals surface area (Å²) in [4.78, 5) is 23.2. The molecule has 0 aromatic heterocycles. The Morgan fingerprint density at radius 3 is 2.40 bits per heavy atom. The normalized spacial score (nSPS) is 24.8. The molecule has 4 nitrogen and oxygen atoms in total. The Balaban J connectivity index is 2.07. The third-order valence-electron chi connectivity index (χ3n) is 4.11. The van der Waals surface area contributed by atoms with Crippen LogP contribution in [0.2, 0.25) is 0 Å². The molecular formula is C15H18FNO3. The molecule has 0 spiro atoms. The average Bonchev–Trinajstić information content (AvgIpc) is 2.93. The predicted octanol–water partition coefficient (Wildman–Crippen LogP) is 2.36. The second kappa shape index (κ2) is 4.89. The maximum Gasteiger partial charge on any atom is 0.307 e. The van der Waals surface area contributed by atoms with Crippen molar-refractivity contribution in [2.75, 3.05) is 0 Å². The summed E-state index contributed by atoms with van der Waals surface area (Å²) < 4.78 is 13.6. The molecule has 2 N–H and O–H groups in total. The Labute approximate surface area is 117 Å². The first kappa shape index (κ1) is 14.5. The minimum Gasteiger partial charge on any atom is -0.481 e. The van der Waals surface area contributed by atoms with Gasteiger partial charge in [0.2, 0.25) is 5.91 Å². The average molecular weight is 279 g/mol. The van der Waals surface area contributed by atoms with E-state index in [2.05, 4.69) is 5.32 Å². The van der Waals surface area contributed by atoms with Gasteiger partial charge in [0.15, 0.2) is 0 Å². The summed E-state index contributed by atoms with van der Waals surface area (Å²) in [6, 6.07) is 5.72. The van der Waals surface area contributed by atoms with Crippen molar-refractivity contribution < 1.29 is 19.1 Å². The third-order valence-corrected chi connectivity index (χ3v) is 4.11. The van der Waals surface area contributed by atoms with E-state index in [9.17, 15) is 14.0 Å². The number of carbonyl (C=O) groups is 2. The zero-order chi connectivity index (χ0) is 15.1. The van der Waals surface area contributed by atoms with Crippen molar-refractivity contribution in [1.29, 1.82) is 0 Å². The molecule has 0 saturated heterocycles. The Kier molecular flexibility index (Phi) is 3.54. The molecule has 1 fully saturated rings. The molecule has 0 aliphatic heterocycles.